The van der Waals surface area contributed by atoms with Crippen LogP contribution in [0.4, 0.5) is 5.69 Å². The van der Waals surface area contributed by atoms with Gasteiger partial charge >= 0.3 is 0 Å². The van der Waals surface area contributed by atoms with Crippen LogP contribution in [0.3, 0.4) is 0 Å². The number of fused-ring (bicyclic) bond motifs is 1. The highest BCUT2D eigenvalue weighted by Gasteiger charge is 2.17. The van der Waals surface area contributed by atoms with Gasteiger partial charge in [-0.15, -0.1) is 0 Å². The Bertz CT molecular complexity index is 1170. The Balaban J connectivity index is 1.69. The number of rotatable bonds is 4. The molecule has 26 heavy (non-hydrogen) atoms. The molecule has 0 saturated carbocycles. The van der Waals surface area contributed by atoms with Gasteiger partial charge in [-0.3, -0.25) is 4.72 Å². The summed E-state index contributed by atoms with van der Waals surface area (Å²) in [4.78, 5) is 3.40. The Hall–Kier alpha value is -2.76. The summed E-state index contributed by atoms with van der Waals surface area (Å²) >= 11 is 6.02. The number of aromatic amines is 1. The topological polar surface area (TPSA) is 62.0 Å². The molecular weight excluding hydrogens is 368 g/mol. The third kappa shape index (κ3) is 3.19. The SMILES string of the molecule is O=S(=O)(Nc1cccc(-c2cc3ccccc3[nH]2)c1)c1ccccc1Cl. The first-order valence-electron chi connectivity index (χ1n) is 7.98. The predicted molar refractivity (Wildman–Crippen MR) is 106 cm³/mol. The molecule has 1 aromatic heterocycles. The highest BCUT2D eigenvalue weighted by molar-refractivity contribution is 7.92. The Labute approximate surface area is 156 Å². The van der Waals surface area contributed by atoms with Crippen molar-refractivity contribution in [2.45, 2.75) is 4.90 Å². The molecule has 0 aliphatic carbocycles. The molecule has 6 heteroatoms. The van der Waals surface area contributed by atoms with Gasteiger partial charge in [0.05, 0.1) is 5.02 Å². The minimum absolute atomic E-state index is 0.0534. The Morgan fingerprint density at radius 1 is 0.846 bits per heavy atom. The van der Waals surface area contributed by atoms with E-state index in [1.54, 1.807) is 30.3 Å². The number of benzene rings is 3. The van der Waals surface area contributed by atoms with Crippen molar-refractivity contribution in [1.82, 2.24) is 4.98 Å². The van der Waals surface area contributed by atoms with Gasteiger partial charge in [0.15, 0.2) is 0 Å². The lowest BCUT2D eigenvalue weighted by Gasteiger charge is -2.10. The van der Waals surface area contributed by atoms with Crippen LogP contribution in [0, 0.1) is 0 Å². The third-order valence-electron chi connectivity index (χ3n) is 4.08. The molecular formula is C20H15ClN2O2S. The van der Waals surface area contributed by atoms with Crippen molar-refractivity contribution in [3.63, 3.8) is 0 Å². The monoisotopic (exact) mass is 382 g/mol. The van der Waals surface area contributed by atoms with Gasteiger partial charge in [0.2, 0.25) is 0 Å². The molecule has 0 fully saturated rings. The van der Waals surface area contributed by atoms with Gasteiger partial charge in [0, 0.05) is 27.8 Å². The van der Waals surface area contributed by atoms with Crippen molar-refractivity contribution in [3.05, 3.63) is 83.9 Å². The number of H-pyrrole nitrogens is 1. The van der Waals surface area contributed by atoms with E-state index in [1.807, 2.05) is 42.5 Å². The number of para-hydroxylation sites is 1. The van der Waals surface area contributed by atoms with Crippen LogP contribution >= 0.6 is 11.6 Å². The molecule has 0 radical (unpaired) electrons. The summed E-state index contributed by atoms with van der Waals surface area (Å²) in [6.45, 7) is 0. The zero-order valence-corrected chi connectivity index (χ0v) is 15.2. The van der Waals surface area contributed by atoms with Crippen LogP contribution in [0.15, 0.2) is 83.8 Å². The van der Waals surface area contributed by atoms with Crippen LogP contribution in [0.25, 0.3) is 22.2 Å². The van der Waals surface area contributed by atoms with E-state index in [2.05, 4.69) is 9.71 Å². The molecule has 2 N–H and O–H groups in total. The van der Waals surface area contributed by atoms with Crippen LogP contribution in [-0.2, 0) is 10.0 Å². The largest absolute Gasteiger partial charge is 0.355 e. The van der Waals surface area contributed by atoms with Gasteiger partial charge in [-0.2, -0.15) is 0 Å². The molecule has 0 amide bonds. The molecule has 0 bridgehead atoms. The van der Waals surface area contributed by atoms with E-state index in [-0.39, 0.29) is 9.92 Å². The quantitative estimate of drug-likeness (QED) is 0.503. The summed E-state index contributed by atoms with van der Waals surface area (Å²) in [5.74, 6) is 0. The zero-order chi connectivity index (χ0) is 18.1. The molecule has 0 aliphatic rings. The zero-order valence-electron chi connectivity index (χ0n) is 13.6. The molecule has 0 unspecified atom stereocenters. The van der Waals surface area contributed by atoms with E-state index in [1.165, 1.54) is 6.07 Å². The van der Waals surface area contributed by atoms with E-state index in [0.717, 1.165) is 22.2 Å². The fraction of sp³-hybridized carbons (Fsp3) is 0. The van der Waals surface area contributed by atoms with Gasteiger partial charge in [-0.25, -0.2) is 8.42 Å². The number of hydrogen-bond donors (Lipinski definition) is 2. The first-order chi connectivity index (χ1) is 12.5. The number of hydrogen-bond acceptors (Lipinski definition) is 2. The normalized spacial score (nSPS) is 11.6. The van der Waals surface area contributed by atoms with Crippen molar-refractivity contribution >= 4 is 38.2 Å². The number of sulfonamides is 1. The van der Waals surface area contributed by atoms with Gasteiger partial charge in [0.25, 0.3) is 10.0 Å². The minimum Gasteiger partial charge on any atom is -0.355 e. The number of anilines is 1. The van der Waals surface area contributed by atoms with Crippen LogP contribution in [0.2, 0.25) is 5.02 Å². The lowest BCUT2D eigenvalue weighted by Crippen LogP contribution is -2.13. The van der Waals surface area contributed by atoms with E-state index in [4.69, 9.17) is 11.6 Å². The predicted octanol–water partition coefficient (Wildman–Crippen LogP) is 5.29. The van der Waals surface area contributed by atoms with Crippen molar-refractivity contribution in [1.29, 1.82) is 0 Å². The van der Waals surface area contributed by atoms with Gasteiger partial charge in [-0.05, 0) is 36.4 Å². The second kappa shape index (κ2) is 6.52. The number of halogens is 1. The van der Waals surface area contributed by atoms with Crippen molar-refractivity contribution in [2.75, 3.05) is 4.72 Å². The summed E-state index contributed by atoms with van der Waals surface area (Å²) in [5.41, 5.74) is 3.32. The average molecular weight is 383 g/mol. The minimum atomic E-state index is -3.76. The summed E-state index contributed by atoms with van der Waals surface area (Å²) in [6.07, 6.45) is 0. The van der Waals surface area contributed by atoms with E-state index in [0.29, 0.717) is 5.69 Å². The summed E-state index contributed by atoms with van der Waals surface area (Å²) in [6, 6.07) is 23.6. The van der Waals surface area contributed by atoms with Gasteiger partial charge < -0.3 is 4.98 Å². The molecule has 130 valence electrons. The molecule has 4 aromatic rings. The maximum atomic E-state index is 12.6. The van der Waals surface area contributed by atoms with Crippen LogP contribution in [0.5, 0.6) is 0 Å². The highest BCUT2D eigenvalue weighted by atomic mass is 35.5. The van der Waals surface area contributed by atoms with Crippen molar-refractivity contribution in [2.24, 2.45) is 0 Å². The fourth-order valence-electron chi connectivity index (χ4n) is 2.85. The molecule has 0 spiro atoms. The lowest BCUT2D eigenvalue weighted by molar-refractivity contribution is 0.601. The fourth-order valence-corrected chi connectivity index (χ4v) is 4.42. The first-order valence-corrected chi connectivity index (χ1v) is 9.85. The maximum Gasteiger partial charge on any atom is 0.263 e. The van der Waals surface area contributed by atoms with Crippen molar-refractivity contribution in [3.8, 4) is 11.3 Å². The van der Waals surface area contributed by atoms with Crippen molar-refractivity contribution < 1.29 is 8.42 Å². The maximum absolute atomic E-state index is 12.6. The lowest BCUT2D eigenvalue weighted by atomic mass is 10.1. The van der Waals surface area contributed by atoms with Gasteiger partial charge in [0.1, 0.15) is 4.90 Å². The molecule has 4 rings (SSSR count). The Morgan fingerprint density at radius 2 is 1.62 bits per heavy atom. The van der Waals surface area contributed by atoms with Crippen LogP contribution in [0.1, 0.15) is 0 Å². The molecule has 0 saturated heterocycles. The molecule has 1 heterocycles. The summed E-state index contributed by atoms with van der Waals surface area (Å²) in [5, 5.41) is 1.29. The highest BCUT2D eigenvalue weighted by Crippen LogP contribution is 2.28. The molecule has 3 aromatic carbocycles. The Kier molecular flexibility index (Phi) is 4.18. The van der Waals surface area contributed by atoms with E-state index < -0.39 is 10.0 Å². The van der Waals surface area contributed by atoms with Gasteiger partial charge in [-0.1, -0.05) is 54.1 Å². The third-order valence-corrected chi connectivity index (χ3v) is 5.96. The average Bonchev–Trinajstić information content (AvgIpc) is 3.06. The van der Waals surface area contributed by atoms with E-state index in [9.17, 15) is 8.42 Å². The van der Waals surface area contributed by atoms with Crippen LogP contribution in [-0.4, -0.2) is 13.4 Å². The smallest absolute Gasteiger partial charge is 0.263 e. The molecule has 0 aliphatic heterocycles. The first kappa shape index (κ1) is 16.7. The summed E-state index contributed by atoms with van der Waals surface area (Å²) in [7, 11) is -3.76. The number of aromatic nitrogens is 1. The standard InChI is InChI=1S/C20H15ClN2O2S/c21-17-9-2-4-11-20(17)26(24,25)23-16-8-5-7-14(12-16)19-13-15-6-1-3-10-18(15)22-19/h1-13,22-23H. The molecule has 4 nitrogen and oxygen atoms in total. The summed E-state index contributed by atoms with van der Waals surface area (Å²) < 4.78 is 27.8. The van der Waals surface area contributed by atoms with Crippen LogP contribution < -0.4 is 4.72 Å². The Morgan fingerprint density at radius 3 is 2.42 bits per heavy atom. The second-order valence-electron chi connectivity index (χ2n) is 5.89. The molecule has 0 atom stereocenters. The number of nitrogens with one attached hydrogen (secondary N) is 2. The van der Waals surface area contributed by atoms with E-state index >= 15 is 0 Å². The second-order valence-corrected chi connectivity index (χ2v) is 7.95.